The Morgan fingerprint density at radius 1 is 0.938 bits per heavy atom. The van der Waals surface area contributed by atoms with Gasteiger partial charge in [-0.2, -0.15) is 13.2 Å². The van der Waals surface area contributed by atoms with Crippen LogP contribution in [0.1, 0.15) is 27.4 Å². The Bertz CT molecular complexity index is 1040. The first-order valence-electron chi connectivity index (χ1n) is 10.4. The van der Waals surface area contributed by atoms with Gasteiger partial charge in [0.05, 0.1) is 12.1 Å². The predicted octanol–water partition coefficient (Wildman–Crippen LogP) is 4.55. The molecule has 168 valence electrons. The number of para-hydroxylation sites is 1. The van der Waals surface area contributed by atoms with Crippen molar-refractivity contribution in [2.45, 2.75) is 19.3 Å². The number of alkyl halides is 3. The van der Waals surface area contributed by atoms with Crippen LogP contribution in [0.4, 0.5) is 18.9 Å². The first-order valence-corrected chi connectivity index (χ1v) is 10.4. The Kier molecular flexibility index (Phi) is 6.50. The molecule has 2 aromatic carbocycles. The SMILES string of the molecule is O=C(NCc1cccc(C(F)(F)F)c1)c1ccc(CN2CCN(c3ccccc3)CC2)o1. The maximum Gasteiger partial charge on any atom is 0.416 e. The fourth-order valence-electron chi connectivity index (χ4n) is 3.74. The zero-order chi connectivity index (χ0) is 22.6. The van der Waals surface area contributed by atoms with Gasteiger partial charge in [0.15, 0.2) is 5.76 Å². The van der Waals surface area contributed by atoms with E-state index in [0.29, 0.717) is 17.9 Å². The van der Waals surface area contributed by atoms with Crippen LogP contribution >= 0.6 is 0 Å². The molecule has 1 fully saturated rings. The Balaban J connectivity index is 1.27. The zero-order valence-corrected chi connectivity index (χ0v) is 17.4. The summed E-state index contributed by atoms with van der Waals surface area (Å²) < 4.78 is 44.2. The second-order valence-electron chi connectivity index (χ2n) is 7.75. The molecule has 1 saturated heterocycles. The van der Waals surface area contributed by atoms with E-state index >= 15 is 0 Å². The Morgan fingerprint density at radius 2 is 1.69 bits per heavy atom. The quantitative estimate of drug-likeness (QED) is 0.607. The van der Waals surface area contributed by atoms with E-state index in [4.69, 9.17) is 4.42 Å². The van der Waals surface area contributed by atoms with Crippen LogP contribution in [0.15, 0.2) is 71.1 Å². The molecule has 1 aliphatic heterocycles. The molecule has 1 aliphatic rings. The molecule has 32 heavy (non-hydrogen) atoms. The fourth-order valence-corrected chi connectivity index (χ4v) is 3.74. The normalized spacial score (nSPS) is 15.0. The lowest BCUT2D eigenvalue weighted by Crippen LogP contribution is -2.45. The van der Waals surface area contributed by atoms with E-state index < -0.39 is 17.6 Å². The molecule has 0 saturated carbocycles. The maximum absolute atomic E-state index is 12.8. The van der Waals surface area contributed by atoms with E-state index in [2.05, 4.69) is 27.2 Å². The van der Waals surface area contributed by atoms with Gasteiger partial charge in [0, 0.05) is 38.4 Å². The summed E-state index contributed by atoms with van der Waals surface area (Å²) in [5.41, 5.74) is 0.845. The average Bonchev–Trinajstić information content (AvgIpc) is 3.27. The van der Waals surface area contributed by atoms with E-state index in [1.165, 1.54) is 17.8 Å². The van der Waals surface area contributed by atoms with Crippen LogP contribution in [0.5, 0.6) is 0 Å². The van der Waals surface area contributed by atoms with E-state index in [-0.39, 0.29) is 12.3 Å². The Hall–Kier alpha value is -3.26. The van der Waals surface area contributed by atoms with Crippen molar-refractivity contribution in [1.82, 2.24) is 10.2 Å². The van der Waals surface area contributed by atoms with Crippen molar-refractivity contribution >= 4 is 11.6 Å². The molecular formula is C24H24F3N3O2. The van der Waals surface area contributed by atoms with Gasteiger partial charge < -0.3 is 14.6 Å². The number of benzene rings is 2. The molecule has 0 atom stereocenters. The van der Waals surface area contributed by atoms with Crippen LogP contribution in [0.25, 0.3) is 0 Å². The molecule has 0 spiro atoms. The molecular weight excluding hydrogens is 419 g/mol. The summed E-state index contributed by atoms with van der Waals surface area (Å²) in [4.78, 5) is 17.0. The van der Waals surface area contributed by atoms with Crippen LogP contribution < -0.4 is 10.2 Å². The molecule has 1 N–H and O–H groups in total. The minimum Gasteiger partial charge on any atom is -0.455 e. The summed E-state index contributed by atoms with van der Waals surface area (Å²) in [7, 11) is 0. The zero-order valence-electron chi connectivity index (χ0n) is 17.4. The number of carbonyl (C=O) groups excluding carboxylic acids is 1. The highest BCUT2D eigenvalue weighted by molar-refractivity contribution is 5.91. The topological polar surface area (TPSA) is 48.7 Å². The van der Waals surface area contributed by atoms with Crippen molar-refractivity contribution in [3.8, 4) is 0 Å². The average molecular weight is 443 g/mol. The summed E-state index contributed by atoms with van der Waals surface area (Å²) in [5.74, 6) is 0.375. The number of nitrogens with zero attached hydrogens (tertiary/aromatic N) is 2. The third kappa shape index (κ3) is 5.50. The minimum atomic E-state index is -4.41. The lowest BCUT2D eigenvalue weighted by atomic mass is 10.1. The van der Waals surface area contributed by atoms with Gasteiger partial charge >= 0.3 is 6.18 Å². The number of piperazine rings is 1. The fraction of sp³-hybridized carbons (Fsp3) is 0.292. The van der Waals surface area contributed by atoms with Crippen molar-refractivity contribution in [1.29, 1.82) is 0 Å². The number of furan rings is 1. The molecule has 0 radical (unpaired) electrons. The van der Waals surface area contributed by atoms with Crippen molar-refractivity contribution in [2.75, 3.05) is 31.1 Å². The van der Waals surface area contributed by atoms with Crippen molar-refractivity contribution in [3.63, 3.8) is 0 Å². The third-order valence-corrected chi connectivity index (χ3v) is 5.47. The third-order valence-electron chi connectivity index (χ3n) is 5.47. The molecule has 2 heterocycles. The number of nitrogens with one attached hydrogen (secondary N) is 1. The van der Waals surface area contributed by atoms with Gasteiger partial charge in [-0.25, -0.2) is 0 Å². The van der Waals surface area contributed by atoms with Gasteiger partial charge in [0.2, 0.25) is 0 Å². The molecule has 0 unspecified atom stereocenters. The number of amides is 1. The van der Waals surface area contributed by atoms with Crippen molar-refractivity contribution < 1.29 is 22.4 Å². The van der Waals surface area contributed by atoms with Gasteiger partial charge in [-0.05, 0) is 42.0 Å². The van der Waals surface area contributed by atoms with Gasteiger partial charge in [0.1, 0.15) is 5.76 Å². The Labute approximate surface area is 184 Å². The van der Waals surface area contributed by atoms with Gasteiger partial charge in [-0.3, -0.25) is 9.69 Å². The van der Waals surface area contributed by atoms with Crippen LogP contribution in [0, 0.1) is 0 Å². The highest BCUT2D eigenvalue weighted by atomic mass is 19.4. The monoisotopic (exact) mass is 443 g/mol. The first-order chi connectivity index (χ1) is 15.4. The van der Waals surface area contributed by atoms with Crippen LogP contribution in [-0.2, 0) is 19.3 Å². The molecule has 5 nitrogen and oxygen atoms in total. The van der Waals surface area contributed by atoms with Crippen LogP contribution in [0.2, 0.25) is 0 Å². The molecule has 0 aliphatic carbocycles. The standard InChI is InChI=1S/C24H24F3N3O2/c25-24(26,27)19-6-4-5-18(15-19)16-28-23(31)22-10-9-21(32-22)17-29-11-13-30(14-12-29)20-7-2-1-3-8-20/h1-10,15H,11-14,16-17H2,(H,28,31). The second-order valence-corrected chi connectivity index (χ2v) is 7.75. The summed E-state index contributed by atoms with van der Waals surface area (Å²) in [6.45, 7) is 4.17. The van der Waals surface area contributed by atoms with Crippen molar-refractivity contribution in [3.05, 3.63) is 89.4 Å². The largest absolute Gasteiger partial charge is 0.455 e. The second kappa shape index (κ2) is 9.48. The molecule has 1 amide bonds. The lowest BCUT2D eigenvalue weighted by molar-refractivity contribution is -0.137. The summed E-state index contributed by atoms with van der Waals surface area (Å²) in [6, 6.07) is 18.5. The molecule has 8 heteroatoms. The number of rotatable bonds is 6. The smallest absolute Gasteiger partial charge is 0.416 e. The summed E-state index contributed by atoms with van der Waals surface area (Å²) in [6.07, 6.45) is -4.41. The number of carbonyl (C=O) groups is 1. The first kappa shape index (κ1) is 22.0. The van der Waals surface area contributed by atoms with Crippen LogP contribution in [0.3, 0.4) is 0 Å². The molecule has 1 aromatic heterocycles. The van der Waals surface area contributed by atoms with Crippen molar-refractivity contribution in [2.24, 2.45) is 0 Å². The van der Waals surface area contributed by atoms with Crippen LogP contribution in [-0.4, -0.2) is 37.0 Å². The molecule has 4 rings (SSSR count). The highest BCUT2D eigenvalue weighted by Gasteiger charge is 2.30. The maximum atomic E-state index is 12.8. The lowest BCUT2D eigenvalue weighted by Gasteiger charge is -2.35. The van der Waals surface area contributed by atoms with Gasteiger partial charge in [-0.1, -0.05) is 30.3 Å². The van der Waals surface area contributed by atoms with E-state index in [9.17, 15) is 18.0 Å². The number of anilines is 1. The summed E-state index contributed by atoms with van der Waals surface area (Å²) >= 11 is 0. The predicted molar refractivity (Wildman–Crippen MR) is 115 cm³/mol. The number of halogens is 3. The van der Waals surface area contributed by atoms with E-state index in [1.807, 2.05) is 18.2 Å². The number of hydrogen-bond acceptors (Lipinski definition) is 4. The minimum absolute atomic E-state index is 0.0137. The molecule has 0 bridgehead atoms. The number of hydrogen-bond donors (Lipinski definition) is 1. The van der Waals surface area contributed by atoms with Gasteiger partial charge in [0.25, 0.3) is 5.91 Å². The van der Waals surface area contributed by atoms with Gasteiger partial charge in [-0.15, -0.1) is 0 Å². The summed E-state index contributed by atoms with van der Waals surface area (Å²) in [5, 5.41) is 2.61. The van der Waals surface area contributed by atoms with E-state index in [0.717, 1.165) is 38.3 Å². The highest BCUT2D eigenvalue weighted by Crippen LogP contribution is 2.29. The molecule has 3 aromatic rings. The van der Waals surface area contributed by atoms with E-state index in [1.54, 1.807) is 12.1 Å². The Morgan fingerprint density at radius 3 is 2.41 bits per heavy atom.